The summed E-state index contributed by atoms with van der Waals surface area (Å²) < 4.78 is 17.6. The molecular weight excluding hydrogens is 358 g/mol. The molecule has 0 amide bonds. The fourth-order valence-corrected chi connectivity index (χ4v) is 2.96. The third kappa shape index (κ3) is 4.52. The van der Waals surface area contributed by atoms with Gasteiger partial charge in [-0.25, -0.2) is 4.79 Å². The summed E-state index contributed by atoms with van der Waals surface area (Å²) in [7, 11) is 0. The second-order valence-corrected chi connectivity index (χ2v) is 6.14. The van der Waals surface area contributed by atoms with Gasteiger partial charge in [-0.15, -0.1) is 0 Å². The standard InChI is InChI=1S/C22H23NO5/c1-3-26-21(24)14-23-19-11-10-18(28-15-16-8-6-5-7-9-16)12-17(19)13-20(23)22(25)27-4-2/h5-13H,3-4,14-15H2,1-2H3. The molecule has 3 rings (SSSR count). The topological polar surface area (TPSA) is 66.8 Å². The van der Waals surface area contributed by atoms with E-state index in [2.05, 4.69) is 0 Å². The number of aromatic nitrogens is 1. The molecular formula is C22H23NO5. The Morgan fingerprint density at radius 1 is 0.929 bits per heavy atom. The molecule has 3 aromatic rings. The molecule has 28 heavy (non-hydrogen) atoms. The van der Waals surface area contributed by atoms with E-state index in [9.17, 15) is 9.59 Å². The van der Waals surface area contributed by atoms with Gasteiger partial charge in [0.15, 0.2) is 0 Å². The number of esters is 2. The first-order valence-electron chi connectivity index (χ1n) is 9.25. The molecule has 0 N–H and O–H groups in total. The van der Waals surface area contributed by atoms with Crippen LogP contribution in [-0.4, -0.2) is 29.7 Å². The quantitative estimate of drug-likeness (QED) is 0.553. The van der Waals surface area contributed by atoms with E-state index in [-0.39, 0.29) is 19.8 Å². The fraction of sp³-hybridized carbons (Fsp3) is 0.273. The Bertz CT molecular complexity index is 962. The van der Waals surface area contributed by atoms with Gasteiger partial charge in [-0.2, -0.15) is 0 Å². The lowest BCUT2D eigenvalue weighted by Gasteiger charge is -2.10. The van der Waals surface area contributed by atoms with Crippen molar-refractivity contribution in [3.05, 3.63) is 65.9 Å². The van der Waals surface area contributed by atoms with Gasteiger partial charge in [0.2, 0.25) is 0 Å². The molecule has 0 aliphatic rings. The van der Waals surface area contributed by atoms with Gasteiger partial charge >= 0.3 is 11.9 Å². The first-order chi connectivity index (χ1) is 13.6. The van der Waals surface area contributed by atoms with Crippen LogP contribution < -0.4 is 4.74 Å². The molecule has 0 aliphatic heterocycles. The zero-order valence-corrected chi connectivity index (χ0v) is 16.0. The summed E-state index contributed by atoms with van der Waals surface area (Å²) in [6.45, 7) is 4.41. The normalized spacial score (nSPS) is 10.6. The summed E-state index contributed by atoms with van der Waals surface area (Å²) in [5.41, 5.74) is 2.11. The molecule has 1 aromatic heterocycles. The summed E-state index contributed by atoms with van der Waals surface area (Å²) in [5, 5.41) is 0.790. The van der Waals surface area contributed by atoms with Crippen LogP contribution >= 0.6 is 0 Å². The second-order valence-electron chi connectivity index (χ2n) is 6.14. The summed E-state index contributed by atoms with van der Waals surface area (Å²) in [4.78, 5) is 24.3. The van der Waals surface area contributed by atoms with Crippen LogP contribution in [0.3, 0.4) is 0 Å². The minimum atomic E-state index is -0.477. The van der Waals surface area contributed by atoms with E-state index in [1.165, 1.54) is 0 Å². The van der Waals surface area contributed by atoms with E-state index in [0.29, 0.717) is 18.1 Å². The lowest BCUT2D eigenvalue weighted by Crippen LogP contribution is -2.18. The monoisotopic (exact) mass is 381 g/mol. The Hall–Kier alpha value is -3.28. The molecule has 2 aromatic carbocycles. The number of ether oxygens (including phenoxy) is 3. The van der Waals surface area contributed by atoms with E-state index >= 15 is 0 Å². The number of carbonyl (C=O) groups excluding carboxylic acids is 2. The van der Waals surface area contributed by atoms with Gasteiger partial charge in [0, 0.05) is 10.9 Å². The van der Waals surface area contributed by atoms with E-state index < -0.39 is 11.9 Å². The van der Waals surface area contributed by atoms with Gasteiger partial charge in [-0.05, 0) is 43.7 Å². The van der Waals surface area contributed by atoms with Crippen LogP contribution in [-0.2, 0) is 27.4 Å². The minimum Gasteiger partial charge on any atom is -0.489 e. The predicted molar refractivity (Wildman–Crippen MR) is 105 cm³/mol. The average molecular weight is 381 g/mol. The van der Waals surface area contributed by atoms with E-state index in [4.69, 9.17) is 14.2 Å². The fourth-order valence-electron chi connectivity index (χ4n) is 2.96. The molecule has 0 atom stereocenters. The Balaban J connectivity index is 1.89. The van der Waals surface area contributed by atoms with Crippen molar-refractivity contribution in [1.82, 2.24) is 4.57 Å². The van der Waals surface area contributed by atoms with Crippen molar-refractivity contribution in [3.63, 3.8) is 0 Å². The third-order valence-corrected chi connectivity index (χ3v) is 4.20. The average Bonchev–Trinajstić information content (AvgIpc) is 3.05. The molecule has 6 nitrogen and oxygen atoms in total. The second kappa shape index (κ2) is 9.08. The molecule has 0 bridgehead atoms. The van der Waals surface area contributed by atoms with Gasteiger partial charge in [0.1, 0.15) is 24.6 Å². The van der Waals surface area contributed by atoms with Gasteiger partial charge in [0.05, 0.1) is 13.2 Å². The first-order valence-corrected chi connectivity index (χ1v) is 9.25. The number of carbonyl (C=O) groups is 2. The minimum absolute atomic E-state index is 0.0598. The maximum absolute atomic E-state index is 12.3. The van der Waals surface area contributed by atoms with Gasteiger partial charge in [-0.3, -0.25) is 4.79 Å². The van der Waals surface area contributed by atoms with E-state index in [1.807, 2.05) is 48.5 Å². The predicted octanol–water partition coefficient (Wildman–Crippen LogP) is 3.96. The lowest BCUT2D eigenvalue weighted by atomic mass is 10.2. The van der Waals surface area contributed by atoms with Crippen molar-refractivity contribution >= 4 is 22.8 Å². The Morgan fingerprint density at radius 2 is 1.68 bits per heavy atom. The van der Waals surface area contributed by atoms with Gasteiger partial charge < -0.3 is 18.8 Å². The zero-order chi connectivity index (χ0) is 19.9. The highest BCUT2D eigenvalue weighted by Crippen LogP contribution is 2.26. The molecule has 0 fully saturated rings. The molecule has 0 saturated carbocycles. The molecule has 6 heteroatoms. The molecule has 0 spiro atoms. The molecule has 1 heterocycles. The first kappa shape index (κ1) is 19.5. The maximum atomic E-state index is 12.3. The van der Waals surface area contributed by atoms with Crippen LogP contribution in [0.2, 0.25) is 0 Å². The number of benzene rings is 2. The molecule has 0 unspecified atom stereocenters. The van der Waals surface area contributed by atoms with Crippen LogP contribution in [0.4, 0.5) is 0 Å². The Labute approximate surface area is 163 Å². The van der Waals surface area contributed by atoms with Crippen molar-refractivity contribution < 1.29 is 23.8 Å². The Morgan fingerprint density at radius 3 is 2.39 bits per heavy atom. The van der Waals surface area contributed by atoms with Crippen molar-refractivity contribution in [1.29, 1.82) is 0 Å². The molecule has 0 saturated heterocycles. The van der Waals surface area contributed by atoms with E-state index in [1.54, 1.807) is 24.5 Å². The van der Waals surface area contributed by atoms with Crippen LogP contribution in [0.1, 0.15) is 29.9 Å². The lowest BCUT2D eigenvalue weighted by molar-refractivity contribution is -0.143. The highest BCUT2D eigenvalue weighted by Gasteiger charge is 2.19. The summed E-state index contributed by atoms with van der Waals surface area (Å²) >= 11 is 0. The summed E-state index contributed by atoms with van der Waals surface area (Å²) in [6.07, 6.45) is 0. The number of nitrogens with zero attached hydrogens (tertiary/aromatic N) is 1. The largest absolute Gasteiger partial charge is 0.489 e. The van der Waals surface area contributed by atoms with Crippen molar-refractivity contribution in [2.75, 3.05) is 13.2 Å². The molecule has 0 radical (unpaired) electrons. The van der Waals surface area contributed by atoms with Gasteiger partial charge in [-0.1, -0.05) is 30.3 Å². The van der Waals surface area contributed by atoms with Crippen LogP contribution in [0.25, 0.3) is 10.9 Å². The highest BCUT2D eigenvalue weighted by molar-refractivity contribution is 5.96. The van der Waals surface area contributed by atoms with Crippen molar-refractivity contribution in [3.8, 4) is 5.75 Å². The molecule has 0 aliphatic carbocycles. The number of fused-ring (bicyclic) bond motifs is 1. The van der Waals surface area contributed by atoms with Crippen LogP contribution in [0.15, 0.2) is 54.6 Å². The van der Waals surface area contributed by atoms with Crippen molar-refractivity contribution in [2.45, 2.75) is 27.0 Å². The Kier molecular flexibility index (Phi) is 6.32. The summed E-state index contributed by atoms with van der Waals surface area (Å²) in [5.74, 6) is -0.204. The van der Waals surface area contributed by atoms with Gasteiger partial charge in [0.25, 0.3) is 0 Å². The number of hydrogen-bond acceptors (Lipinski definition) is 5. The summed E-state index contributed by atoms with van der Waals surface area (Å²) in [6, 6.07) is 17.1. The van der Waals surface area contributed by atoms with Crippen LogP contribution in [0, 0.1) is 0 Å². The molecule has 146 valence electrons. The SMILES string of the molecule is CCOC(=O)Cn1c(C(=O)OCC)cc2cc(OCc3ccccc3)ccc21. The van der Waals surface area contributed by atoms with Crippen LogP contribution in [0.5, 0.6) is 5.75 Å². The zero-order valence-electron chi connectivity index (χ0n) is 16.0. The number of rotatable bonds is 8. The maximum Gasteiger partial charge on any atom is 0.354 e. The highest BCUT2D eigenvalue weighted by atomic mass is 16.5. The number of hydrogen-bond donors (Lipinski definition) is 0. The third-order valence-electron chi connectivity index (χ3n) is 4.20. The smallest absolute Gasteiger partial charge is 0.354 e. The van der Waals surface area contributed by atoms with E-state index in [0.717, 1.165) is 16.5 Å². The van der Waals surface area contributed by atoms with Crippen molar-refractivity contribution in [2.24, 2.45) is 0 Å².